The summed E-state index contributed by atoms with van der Waals surface area (Å²) in [6.45, 7) is 0.900. The first-order chi connectivity index (χ1) is 10.5. The van der Waals surface area contributed by atoms with Crippen LogP contribution in [0.5, 0.6) is 0 Å². The molecule has 1 amide bonds. The van der Waals surface area contributed by atoms with E-state index in [-0.39, 0.29) is 17.7 Å². The Labute approximate surface area is 130 Å². The number of hydrogen-bond donors (Lipinski definition) is 2. The molecular formula is C15H21N3O3S. The average Bonchev–Trinajstić information content (AvgIpc) is 3.28. The summed E-state index contributed by atoms with van der Waals surface area (Å²) in [7, 11) is -3.23. The van der Waals surface area contributed by atoms with Gasteiger partial charge in [0.25, 0.3) is 5.91 Å². The fraction of sp³-hybridized carbons (Fsp3) is 0.533. The third-order valence-corrected chi connectivity index (χ3v) is 6.13. The van der Waals surface area contributed by atoms with Gasteiger partial charge in [0.1, 0.15) is 0 Å². The fourth-order valence-electron chi connectivity index (χ4n) is 2.85. The zero-order chi connectivity index (χ0) is 15.7. The summed E-state index contributed by atoms with van der Waals surface area (Å²) in [5, 5.41) is 2.95. The van der Waals surface area contributed by atoms with Gasteiger partial charge in [0.15, 0.2) is 0 Å². The van der Waals surface area contributed by atoms with E-state index in [2.05, 4.69) is 5.32 Å². The van der Waals surface area contributed by atoms with Crippen molar-refractivity contribution in [2.75, 3.05) is 23.1 Å². The van der Waals surface area contributed by atoms with Crippen LogP contribution in [-0.2, 0) is 10.0 Å². The van der Waals surface area contributed by atoms with Gasteiger partial charge < -0.3 is 11.1 Å². The number of benzene rings is 1. The van der Waals surface area contributed by atoms with Gasteiger partial charge in [-0.2, -0.15) is 0 Å². The van der Waals surface area contributed by atoms with Crippen molar-refractivity contribution in [2.24, 2.45) is 11.7 Å². The highest BCUT2D eigenvalue weighted by atomic mass is 32.2. The maximum Gasteiger partial charge on any atom is 0.251 e. The second kappa shape index (κ2) is 5.89. The van der Waals surface area contributed by atoms with Crippen LogP contribution in [-0.4, -0.2) is 39.2 Å². The van der Waals surface area contributed by atoms with Gasteiger partial charge in [0.05, 0.1) is 11.4 Å². The molecule has 0 spiro atoms. The van der Waals surface area contributed by atoms with Crippen molar-refractivity contribution in [1.29, 1.82) is 0 Å². The number of hydrogen-bond acceptors (Lipinski definition) is 4. The SMILES string of the molecule is NCC(NC(=O)c1cccc(N2CCCS2(=O)=O)c1)C1CC1. The Hall–Kier alpha value is -1.60. The molecule has 1 heterocycles. The van der Waals surface area contributed by atoms with Crippen LogP contribution in [0, 0.1) is 5.92 Å². The van der Waals surface area contributed by atoms with Crippen LogP contribution in [0.25, 0.3) is 0 Å². The van der Waals surface area contributed by atoms with E-state index in [0.29, 0.717) is 36.7 Å². The van der Waals surface area contributed by atoms with Gasteiger partial charge in [-0.05, 0) is 43.4 Å². The van der Waals surface area contributed by atoms with E-state index in [1.165, 1.54) is 4.31 Å². The van der Waals surface area contributed by atoms with Crippen LogP contribution in [0.1, 0.15) is 29.6 Å². The van der Waals surface area contributed by atoms with Crippen LogP contribution in [0.2, 0.25) is 0 Å². The summed E-state index contributed by atoms with van der Waals surface area (Å²) >= 11 is 0. The Morgan fingerprint density at radius 2 is 2.18 bits per heavy atom. The van der Waals surface area contributed by atoms with Crippen molar-refractivity contribution in [1.82, 2.24) is 5.32 Å². The van der Waals surface area contributed by atoms with Gasteiger partial charge in [0, 0.05) is 24.7 Å². The number of rotatable bonds is 5. The number of nitrogens with one attached hydrogen (secondary N) is 1. The van der Waals surface area contributed by atoms with E-state index >= 15 is 0 Å². The molecule has 1 aromatic carbocycles. The molecule has 1 saturated heterocycles. The number of nitrogens with zero attached hydrogens (tertiary/aromatic N) is 1. The van der Waals surface area contributed by atoms with E-state index < -0.39 is 10.0 Å². The zero-order valence-electron chi connectivity index (χ0n) is 12.4. The third kappa shape index (κ3) is 3.10. The summed E-state index contributed by atoms with van der Waals surface area (Å²) < 4.78 is 25.3. The number of carbonyl (C=O) groups is 1. The summed E-state index contributed by atoms with van der Waals surface area (Å²) in [6.07, 6.45) is 2.83. The van der Waals surface area contributed by atoms with Gasteiger partial charge in [-0.3, -0.25) is 9.10 Å². The standard InChI is InChI=1S/C15H21N3O3S/c16-10-14(11-5-6-11)17-15(19)12-3-1-4-13(9-12)18-7-2-8-22(18,20)21/h1,3-4,9,11,14H,2,5-8,10,16H2,(H,17,19). The van der Waals surface area contributed by atoms with E-state index in [9.17, 15) is 13.2 Å². The highest BCUT2D eigenvalue weighted by Crippen LogP contribution is 2.32. The number of carbonyl (C=O) groups excluding carboxylic acids is 1. The second-order valence-corrected chi connectivity index (χ2v) is 7.96. The molecule has 0 aromatic heterocycles. The minimum Gasteiger partial charge on any atom is -0.348 e. The molecule has 2 aliphatic rings. The quantitative estimate of drug-likeness (QED) is 0.834. The number of nitrogens with two attached hydrogens (primary N) is 1. The fourth-order valence-corrected chi connectivity index (χ4v) is 4.41. The number of sulfonamides is 1. The summed E-state index contributed by atoms with van der Waals surface area (Å²) in [4.78, 5) is 12.3. The summed E-state index contributed by atoms with van der Waals surface area (Å²) in [5.41, 5.74) is 6.73. The lowest BCUT2D eigenvalue weighted by Gasteiger charge is -2.19. The average molecular weight is 323 g/mol. The van der Waals surface area contributed by atoms with Crippen LogP contribution >= 0.6 is 0 Å². The minimum absolute atomic E-state index is 0.00618. The van der Waals surface area contributed by atoms with Crippen LogP contribution in [0.4, 0.5) is 5.69 Å². The predicted molar refractivity (Wildman–Crippen MR) is 85.2 cm³/mol. The molecule has 6 nitrogen and oxygen atoms in total. The topological polar surface area (TPSA) is 92.5 Å². The number of amides is 1. The number of anilines is 1. The second-order valence-electron chi connectivity index (χ2n) is 5.95. The molecule has 22 heavy (non-hydrogen) atoms. The van der Waals surface area contributed by atoms with Crippen molar-refractivity contribution in [3.05, 3.63) is 29.8 Å². The van der Waals surface area contributed by atoms with Crippen molar-refractivity contribution in [3.63, 3.8) is 0 Å². The first kappa shape index (κ1) is 15.3. The lowest BCUT2D eigenvalue weighted by atomic mass is 10.1. The monoisotopic (exact) mass is 323 g/mol. The van der Waals surface area contributed by atoms with Gasteiger partial charge in [0.2, 0.25) is 10.0 Å². The Morgan fingerprint density at radius 3 is 2.77 bits per heavy atom. The van der Waals surface area contributed by atoms with E-state index in [0.717, 1.165) is 12.8 Å². The van der Waals surface area contributed by atoms with Crippen LogP contribution in [0.3, 0.4) is 0 Å². The summed E-state index contributed by atoms with van der Waals surface area (Å²) in [5.74, 6) is 0.456. The molecule has 1 aliphatic heterocycles. The molecule has 2 fully saturated rings. The normalized spacial score (nSPS) is 21.6. The Bertz CT molecular complexity index is 670. The molecule has 0 radical (unpaired) electrons. The molecule has 7 heteroatoms. The van der Waals surface area contributed by atoms with Crippen molar-refractivity contribution in [2.45, 2.75) is 25.3 Å². The van der Waals surface area contributed by atoms with Gasteiger partial charge in [-0.15, -0.1) is 0 Å². The maximum absolute atomic E-state index is 12.3. The minimum atomic E-state index is -3.23. The summed E-state index contributed by atoms with van der Waals surface area (Å²) in [6, 6.07) is 6.78. The van der Waals surface area contributed by atoms with Gasteiger partial charge in [-0.1, -0.05) is 6.07 Å². The lowest BCUT2D eigenvalue weighted by molar-refractivity contribution is 0.0933. The Kier molecular flexibility index (Phi) is 4.10. The van der Waals surface area contributed by atoms with E-state index in [1.807, 2.05) is 0 Å². The molecule has 1 saturated carbocycles. The molecular weight excluding hydrogens is 302 g/mol. The molecule has 0 bridgehead atoms. The highest BCUT2D eigenvalue weighted by molar-refractivity contribution is 7.93. The van der Waals surface area contributed by atoms with Crippen molar-refractivity contribution >= 4 is 21.6 Å². The van der Waals surface area contributed by atoms with E-state index in [4.69, 9.17) is 5.73 Å². The van der Waals surface area contributed by atoms with Gasteiger partial charge >= 0.3 is 0 Å². The van der Waals surface area contributed by atoms with Gasteiger partial charge in [-0.25, -0.2) is 8.42 Å². The maximum atomic E-state index is 12.3. The highest BCUT2D eigenvalue weighted by Gasteiger charge is 2.32. The Morgan fingerprint density at radius 1 is 1.41 bits per heavy atom. The molecule has 3 N–H and O–H groups in total. The molecule has 120 valence electrons. The van der Waals surface area contributed by atoms with Crippen molar-refractivity contribution in [3.8, 4) is 0 Å². The van der Waals surface area contributed by atoms with Crippen molar-refractivity contribution < 1.29 is 13.2 Å². The molecule has 3 rings (SSSR count). The lowest BCUT2D eigenvalue weighted by Crippen LogP contribution is -2.41. The van der Waals surface area contributed by atoms with Crippen LogP contribution in [0.15, 0.2) is 24.3 Å². The first-order valence-corrected chi connectivity index (χ1v) is 9.23. The molecule has 1 aliphatic carbocycles. The Balaban J connectivity index is 1.77. The largest absolute Gasteiger partial charge is 0.348 e. The van der Waals surface area contributed by atoms with E-state index in [1.54, 1.807) is 24.3 Å². The zero-order valence-corrected chi connectivity index (χ0v) is 13.2. The molecule has 1 unspecified atom stereocenters. The molecule has 1 atom stereocenters. The first-order valence-electron chi connectivity index (χ1n) is 7.62. The smallest absolute Gasteiger partial charge is 0.251 e. The molecule has 1 aromatic rings. The van der Waals surface area contributed by atoms with Crippen LogP contribution < -0.4 is 15.4 Å². The third-order valence-electron chi connectivity index (χ3n) is 4.26. The predicted octanol–water partition coefficient (Wildman–Crippen LogP) is 0.694.